The minimum absolute atomic E-state index is 0.0806. The Balaban J connectivity index is 2.08. The first kappa shape index (κ1) is 18.1. The summed E-state index contributed by atoms with van der Waals surface area (Å²) in [5.41, 5.74) is -0.107. The van der Waals surface area contributed by atoms with Crippen LogP contribution in [0.25, 0.3) is 0 Å². The molecule has 0 bridgehead atoms. The van der Waals surface area contributed by atoms with E-state index in [1.54, 1.807) is 11.6 Å². The lowest BCUT2D eigenvalue weighted by Gasteiger charge is -2.25. The average Bonchev–Trinajstić information content (AvgIpc) is 2.82. The van der Waals surface area contributed by atoms with Gasteiger partial charge in [0.15, 0.2) is 0 Å². The van der Waals surface area contributed by atoms with Crippen molar-refractivity contribution in [1.82, 2.24) is 15.1 Å². The molecule has 2 rings (SSSR count). The summed E-state index contributed by atoms with van der Waals surface area (Å²) in [5, 5.41) is 17.3. The van der Waals surface area contributed by atoms with Crippen LogP contribution in [0.3, 0.4) is 0 Å². The first-order valence-corrected chi connectivity index (χ1v) is 7.60. The molecule has 5 nitrogen and oxygen atoms in total. The summed E-state index contributed by atoms with van der Waals surface area (Å²) < 4.78 is 28.4. The Hall–Kier alpha value is -2.28. The van der Waals surface area contributed by atoms with Gasteiger partial charge < -0.3 is 10.4 Å². The summed E-state index contributed by atoms with van der Waals surface area (Å²) >= 11 is 0. The van der Waals surface area contributed by atoms with E-state index in [1.165, 1.54) is 13.0 Å². The highest BCUT2D eigenvalue weighted by Gasteiger charge is 2.28. The number of aryl methyl sites for hydroxylation is 2. The number of hydrogen-bond acceptors (Lipinski definition) is 3. The first-order chi connectivity index (χ1) is 11.1. The van der Waals surface area contributed by atoms with Crippen LogP contribution in [-0.4, -0.2) is 27.3 Å². The van der Waals surface area contributed by atoms with Crippen LogP contribution in [0.1, 0.15) is 36.8 Å². The zero-order chi connectivity index (χ0) is 18.1. The summed E-state index contributed by atoms with van der Waals surface area (Å²) in [6, 6.07) is 4.21. The van der Waals surface area contributed by atoms with E-state index in [9.17, 15) is 18.7 Å². The maximum atomic E-state index is 13.8. The van der Waals surface area contributed by atoms with Crippen LogP contribution in [0.4, 0.5) is 8.78 Å². The summed E-state index contributed by atoms with van der Waals surface area (Å²) in [4.78, 5) is 12.3. The molecule has 1 aromatic carbocycles. The van der Waals surface area contributed by atoms with E-state index < -0.39 is 23.3 Å². The largest absolute Gasteiger partial charge is 0.383 e. The zero-order valence-corrected chi connectivity index (χ0v) is 14.1. The van der Waals surface area contributed by atoms with Crippen LogP contribution < -0.4 is 5.32 Å². The number of amides is 1. The summed E-state index contributed by atoms with van der Waals surface area (Å²) in [5.74, 6) is -1.95. The summed E-state index contributed by atoms with van der Waals surface area (Å²) in [6.07, 6.45) is 0. The van der Waals surface area contributed by atoms with Crippen LogP contribution in [-0.2, 0) is 10.4 Å². The highest BCUT2D eigenvalue weighted by Crippen LogP contribution is 2.23. The number of aliphatic hydroxyl groups is 1. The van der Waals surface area contributed by atoms with Gasteiger partial charge in [-0.3, -0.25) is 9.48 Å². The van der Waals surface area contributed by atoms with Crippen molar-refractivity contribution in [2.75, 3.05) is 6.54 Å². The Bertz CT molecular complexity index is 756. The average molecular weight is 337 g/mol. The maximum Gasteiger partial charge on any atom is 0.244 e. The lowest BCUT2D eigenvalue weighted by atomic mass is 9.95. The van der Waals surface area contributed by atoms with Crippen molar-refractivity contribution in [2.45, 2.75) is 39.3 Å². The highest BCUT2D eigenvalue weighted by molar-refractivity contribution is 5.80. The topological polar surface area (TPSA) is 67.2 Å². The SMILES string of the molecule is Cc1cc(C)n([C@H](C)C(=O)NC[C@](C)(O)c2ccc(F)cc2F)n1. The Labute approximate surface area is 139 Å². The maximum absolute atomic E-state index is 13.8. The van der Waals surface area contributed by atoms with Gasteiger partial charge in [-0.2, -0.15) is 5.10 Å². The lowest BCUT2D eigenvalue weighted by molar-refractivity contribution is -0.125. The van der Waals surface area contributed by atoms with Gasteiger partial charge in [0.2, 0.25) is 5.91 Å². The Morgan fingerprint density at radius 1 is 1.38 bits per heavy atom. The van der Waals surface area contributed by atoms with Crippen molar-refractivity contribution in [2.24, 2.45) is 0 Å². The first-order valence-electron chi connectivity index (χ1n) is 7.60. The molecule has 0 aliphatic carbocycles. The van der Waals surface area contributed by atoms with Gasteiger partial charge in [-0.05, 0) is 39.8 Å². The van der Waals surface area contributed by atoms with Gasteiger partial charge >= 0.3 is 0 Å². The van der Waals surface area contributed by atoms with Gasteiger partial charge in [0.25, 0.3) is 0 Å². The molecule has 2 N–H and O–H groups in total. The zero-order valence-electron chi connectivity index (χ0n) is 14.1. The molecule has 0 saturated heterocycles. The number of carbonyl (C=O) groups excluding carboxylic acids is 1. The van der Waals surface area contributed by atoms with Crippen molar-refractivity contribution < 1.29 is 18.7 Å². The van der Waals surface area contributed by atoms with Gasteiger partial charge in [0.1, 0.15) is 23.3 Å². The van der Waals surface area contributed by atoms with Gasteiger partial charge in [0, 0.05) is 17.3 Å². The molecule has 0 aliphatic heterocycles. The van der Waals surface area contributed by atoms with Crippen LogP contribution in [0.5, 0.6) is 0 Å². The molecule has 0 saturated carbocycles. The van der Waals surface area contributed by atoms with E-state index in [0.29, 0.717) is 6.07 Å². The summed E-state index contributed by atoms with van der Waals surface area (Å²) in [6.45, 7) is 6.50. The van der Waals surface area contributed by atoms with Crippen LogP contribution in [0.2, 0.25) is 0 Å². The number of hydrogen-bond donors (Lipinski definition) is 2. The molecule has 2 aromatic rings. The molecular formula is C17H21F2N3O2. The van der Waals surface area contributed by atoms with Crippen molar-refractivity contribution in [1.29, 1.82) is 0 Å². The second kappa shape index (κ2) is 6.68. The normalized spacial score (nSPS) is 15.0. The minimum atomic E-state index is -1.66. The van der Waals surface area contributed by atoms with Crippen LogP contribution in [0, 0.1) is 25.5 Å². The second-order valence-corrected chi connectivity index (χ2v) is 6.16. The third-order valence-electron chi connectivity index (χ3n) is 3.91. The fourth-order valence-electron chi connectivity index (χ4n) is 2.58. The van der Waals surface area contributed by atoms with Crippen LogP contribution >= 0.6 is 0 Å². The highest BCUT2D eigenvalue weighted by atomic mass is 19.1. The number of carbonyl (C=O) groups is 1. The van der Waals surface area contributed by atoms with E-state index in [-0.39, 0.29) is 18.0 Å². The Morgan fingerprint density at radius 2 is 2.04 bits per heavy atom. The molecule has 1 heterocycles. The van der Waals surface area contributed by atoms with E-state index in [1.807, 2.05) is 19.9 Å². The molecule has 0 unspecified atom stereocenters. The standard InChI is InChI=1S/C17H21F2N3O2/c1-10-7-11(2)22(21-10)12(3)16(23)20-9-17(4,24)14-6-5-13(18)8-15(14)19/h5-8,12,24H,9H2,1-4H3,(H,20,23)/t12-,17+/m1/s1. The van der Waals surface area contributed by atoms with Gasteiger partial charge in [-0.1, -0.05) is 6.07 Å². The van der Waals surface area contributed by atoms with Crippen molar-refractivity contribution in [3.63, 3.8) is 0 Å². The molecule has 7 heteroatoms. The second-order valence-electron chi connectivity index (χ2n) is 6.16. The molecule has 24 heavy (non-hydrogen) atoms. The quantitative estimate of drug-likeness (QED) is 0.880. The molecule has 130 valence electrons. The third kappa shape index (κ3) is 3.79. The van der Waals surface area contributed by atoms with Crippen LogP contribution in [0.15, 0.2) is 24.3 Å². The van der Waals surface area contributed by atoms with E-state index in [4.69, 9.17) is 0 Å². The molecule has 1 aromatic heterocycles. The van der Waals surface area contributed by atoms with Gasteiger partial charge in [0.05, 0.1) is 12.2 Å². The number of nitrogens with zero attached hydrogens (tertiary/aromatic N) is 2. The smallest absolute Gasteiger partial charge is 0.244 e. The van der Waals surface area contributed by atoms with Gasteiger partial charge in [-0.15, -0.1) is 0 Å². The number of benzene rings is 1. The predicted molar refractivity (Wildman–Crippen MR) is 85.4 cm³/mol. The molecule has 0 fully saturated rings. The molecule has 0 radical (unpaired) electrons. The predicted octanol–water partition coefficient (Wildman–Crippen LogP) is 2.36. The summed E-state index contributed by atoms with van der Waals surface area (Å²) in [7, 11) is 0. The van der Waals surface area contributed by atoms with Gasteiger partial charge in [-0.25, -0.2) is 8.78 Å². The molecular weight excluding hydrogens is 316 g/mol. The minimum Gasteiger partial charge on any atom is -0.383 e. The van der Waals surface area contributed by atoms with E-state index in [2.05, 4.69) is 10.4 Å². The molecule has 2 atom stereocenters. The fraction of sp³-hybridized carbons (Fsp3) is 0.412. The fourth-order valence-corrected chi connectivity index (χ4v) is 2.58. The monoisotopic (exact) mass is 337 g/mol. The van der Waals surface area contributed by atoms with E-state index in [0.717, 1.165) is 17.5 Å². The number of halogens is 2. The molecule has 1 amide bonds. The number of rotatable bonds is 5. The van der Waals surface area contributed by atoms with E-state index >= 15 is 0 Å². The lowest BCUT2D eigenvalue weighted by Crippen LogP contribution is -2.42. The number of aromatic nitrogens is 2. The van der Waals surface area contributed by atoms with Crippen molar-refractivity contribution in [3.05, 3.63) is 52.9 Å². The van der Waals surface area contributed by atoms with Crippen molar-refractivity contribution in [3.8, 4) is 0 Å². The molecule has 0 aliphatic rings. The van der Waals surface area contributed by atoms with Crippen molar-refractivity contribution >= 4 is 5.91 Å². The Kier molecular flexibility index (Phi) is 5.03. The Morgan fingerprint density at radius 3 is 2.58 bits per heavy atom. The molecule has 0 spiro atoms. The number of nitrogens with one attached hydrogen (secondary N) is 1. The third-order valence-corrected chi connectivity index (χ3v) is 3.91.